The number of aliphatic hydroxyl groups is 1. The van der Waals surface area contributed by atoms with Crippen molar-refractivity contribution in [2.45, 2.75) is 12.8 Å². The monoisotopic (exact) mass is 210 g/mol. The van der Waals surface area contributed by atoms with E-state index in [1.807, 2.05) is 0 Å². The van der Waals surface area contributed by atoms with Crippen LogP contribution in [-0.4, -0.2) is 21.5 Å². The molecule has 1 aromatic heterocycles. The summed E-state index contributed by atoms with van der Waals surface area (Å²) in [5.74, 6) is -3.32. The molecule has 0 amide bonds. The van der Waals surface area contributed by atoms with Crippen molar-refractivity contribution in [1.82, 2.24) is 9.78 Å². The van der Waals surface area contributed by atoms with Crippen LogP contribution in [0.2, 0.25) is 5.15 Å². The summed E-state index contributed by atoms with van der Waals surface area (Å²) in [4.78, 5) is 0. The maximum Gasteiger partial charge on any atom is 0.300 e. The van der Waals surface area contributed by atoms with E-state index in [9.17, 15) is 8.78 Å². The second-order valence-corrected chi connectivity index (χ2v) is 3.10. The lowest BCUT2D eigenvalue weighted by molar-refractivity contribution is -0.0560. The Morgan fingerprint density at radius 1 is 1.62 bits per heavy atom. The molecule has 74 valence electrons. The van der Waals surface area contributed by atoms with Gasteiger partial charge in [-0.15, -0.1) is 0 Å². The van der Waals surface area contributed by atoms with Gasteiger partial charge < -0.3 is 5.11 Å². The van der Waals surface area contributed by atoms with Crippen LogP contribution in [-0.2, 0) is 13.0 Å². The van der Waals surface area contributed by atoms with E-state index in [4.69, 9.17) is 16.7 Å². The van der Waals surface area contributed by atoms with Gasteiger partial charge in [-0.1, -0.05) is 11.6 Å². The Morgan fingerprint density at radius 3 is 2.46 bits per heavy atom. The van der Waals surface area contributed by atoms with Gasteiger partial charge in [0.1, 0.15) is 11.8 Å². The minimum absolute atomic E-state index is 0.131. The van der Waals surface area contributed by atoms with Crippen LogP contribution in [0.3, 0.4) is 0 Å². The van der Waals surface area contributed by atoms with E-state index in [1.165, 1.54) is 14.0 Å². The molecule has 3 nitrogen and oxygen atoms in total. The highest BCUT2D eigenvalue weighted by Crippen LogP contribution is 2.34. The first kappa shape index (κ1) is 10.4. The second-order valence-electron chi connectivity index (χ2n) is 2.74. The zero-order chi connectivity index (χ0) is 10.2. The third-order valence-corrected chi connectivity index (χ3v) is 2.15. The third kappa shape index (κ3) is 1.66. The van der Waals surface area contributed by atoms with Crippen molar-refractivity contribution in [2.24, 2.45) is 7.05 Å². The van der Waals surface area contributed by atoms with E-state index in [-0.39, 0.29) is 10.8 Å². The lowest BCUT2D eigenvalue weighted by Crippen LogP contribution is -2.19. The highest BCUT2D eigenvalue weighted by molar-refractivity contribution is 6.30. The standard InChI is InChI=1S/C7H9ClF2N2O/c1-4-5(7(9,10)3-13)6(8)12(2)11-4/h13H,3H2,1-2H3. The number of halogens is 3. The van der Waals surface area contributed by atoms with Gasteiger partial charge in [0.25, 0.3) is 0 Å². The first-order valence-corrected chi connectivity index (χ1v) is 3.96. The molecule has 0 atom stereocenters. The van der Waals surface area contributed by atoms with Gasteiger partial charge in [0.05, 0.1) is 11.3 Å². The van der Waals surface area contributed by atoms with Crippen molar-refractivity contribution in [3.8, 4) is 0 Å². The minimum atomic E-state index is -3.32. The minimum Gasteiger partial charge on any atom is -0.390 e. The van der Waals surface area contributed by atoms with Gasteiger partial charge in [-0.25, -0.2) is 0 Å². The van der Waals surface area contributed by atoms with Crippen LogP contribution >= 0.6 is 11.6 Å². The van der Waals surface area contributed by atoms with Gasteiger partial charge in [0, 0.05) is 7.05 Å². The van der Waals surface area contributed by atoms with Gasteiger partial charge in [-0.2, -0.15) is 13.9 Å². The van der Waals surface area contributed by atoms with Crippen LogP contribution in [0.1, 0.15) is 11.3 Å². The van der Waals surface area contributed by atoms with Crippen LogP contribution in [0.4, 0.5) is 8.78 Å². The quantitative estimate of drug-likeness (QED) is 0.803. The average molecular weight is 211 g/mol. The smallest absolute Gasteiger partial charge is 0.300 e. The summed E-state index contributed by atoms with van der Waals surface area (Å²) in [7, 11) is 1.46. The molecule has 1 aromatic rings. The fourth-order valence-corrected chi connectivity index (χ4v) is 1.44. The molecule has 1 heterocycles. The highest BCUT2D eigenvalue weighted by Gasteiger charge is 2.37. The molecule has 0 aromatic carbocycles. The SMILES string of the molecule is Cc1nn(C)c(Cl)c1C(F)(F)CO. The largest absolute Gasteiger partial charge is 0.390 e. The number of rotatable bonds is 2. The van der Waals surface area contributed by atoms with E-state index in [0.717, 1.165) is 4.68 Å². The zero-order valence-corrected chi connectivity index (χ0v) is 7.94. The Morgan fingerprint density at radius 2 is 2.15 bits per heavy atom. The van der Waals surface area contributed by atoms with E-state index in [0.29, 0.717) is 0 Å². The maximum atomic E-state index is 13.0. The molecule has 0 spiro atoms. The molecule has 13 heavy (non-hydrogen) atoms. The molecule has 0 aliphatic carbocycles. The van der Waals surface area contributed by atoms with Crippen molar-refractivity contribution >= 4 is 11.6 Å². The average Bonchev–Trinajstić information content (AvgIpc) is 2.27. The molecule has 0 saturated carbocycles. The molecule has 0 bridgehead atoms. The summed E-state index contributed by atoms with van der Waals surface area (Å²) in [6.45, 7) is 0.157. The number of alkyl halides is 2. The van der Waals surface area contributed by atoms with Crippen molar-refractivity contribution in [2.75, 3.05) is 6.61 Å². The molecule has 0 aliphatic heterocycles. The second kappa shape index (κ2) is 3.23. The van der Waals surface area contributed by atoms with Crippen molar-refractivity contribution in [3.05, 3.63) is 16.4 Å². The Hall–Kier alpha value is -0.680. The first-order chi connectivity index (χ1) is 5.90. The van der Waals surface area contributed by atoms with E-state index in [1.54, 1.807) is 0 Å². The molecule has 0 saturated heterocycles. The Bertz CT molecular complexity index is 325. The lowest BCUT2D eigenvalue weighted by Gasteiger charge is -2.12. The molecule has 1 N–H and O–H groups in total. The molecular weight excluding hydrogens is 202 g/mol. The van der Waals surface area contributed by atoms with Gasteiger partial charge in [-0.3, -0.25) is 4.68 Å². The van der Waals surface area contributed by atoms with Crippen LogP contribution in [0.5, 0.6) is 0 Å². The summed E-state index contributed by atoms with van der Waals surface area (Å²) in [5.41, 5.74) is -0.272. The molecular formula is C7H9ClF2N2O. The number of aliphatic hydroxyl groups excluding tert-OH is 1. The van der Waals surface area contributed by atoms with Gasteiger partial charge in [0.15, 0.2) is 0 Å². The first-order valence-electron chi connectivity index (χ1n) is 3.58. The van der Waals surface area contributed by atoms with E-state index < -0.39 is 18.1 Å². The number of hydrogen-bond acceptors (Lipinski definition) is 2. The predicted octanol–water partition coefficient (Wildman–Crippen LogP) is 1.47. The van der Waals surface area contributed by atoms with Gasteiger partial charge in [0.2, 0.25) is 0 Å². The lowest BCUT2D eigenvalue weighted by atomic mass is 10.1. The zero-order valence-electron chi connectivity index (χ0n) is 7.18. The van der Waals surface area contributed by atoms with Gasteiger partial charge >= 0.3 is 5.92 Å². The Kier molecular flexibility index (Phi) is 2.58. The Labute approximate surface area is 78.9 Å². The number of aromatic nitrogens is 2. The summed E-state index contributed by atoms with van der Waals surface area (Å²) < 4.78 is 27.2. The van der Waals surface area contributed by atoms with E-state index >= 15 is 0 Å². The number of nitrogens with zero attached hydrogens (tertiary/aromatic N) is 2. The molecule has 0 radical (unpaired) electrons. The molecule has 6 heteroatoms. The van der Waals surface area contributed by atoms with Gasteiger partial charge in [-0.05, 0) is 6.92 Å². The van der Waals surface area contributed by atoms with Crippen molar-refractivity contribution < 1.29 is 13.9 Å². The number of aryl methyl sites for hydroxylation is 2. The molecule has 0 unspecified atom stereocenters. The maximum absolute atomic E-state index is 13.0. The summed E-state index contributed by atoms with van der Waals surface area (Å²) >= 11 is 5.59. The fourth-order valence-electron chi connectivity index (χ4n) is 1.12. The Balaban J connectivity index is 3.28. The van der Waals surface area contributed by atoms with Crippen LogP contribution in [0.25, 0.3) is 0 Å². The molecule has 0 aliphatic rings. The van der Waals surface area contributed by atoms with Crippen molar-refractivity contribution in [3.63, 3.8) is 0 Å². The third-order valence-electron chi connectivity index (χ3n) is 1.72. The summed E-state index contributed by atoms with van der Waals surface area (Å²) in [5, 5.41) is 12.0. The van der Waals surface area contributed by atoms with Crippen LogP contribution in [0, 0.1) is 6.92 Å². The highest BCUT2D eigenvalue weighted by atomic mass is 35.5. The summed E-state index contributed by atoms with van der Waals surface area (Å²) in [6.07, 6.45) is 0. The van der Waals surface area contributed by atoms with Crippen LogP contribution < -0.4 is 0 Å². The fraction of sp³-hybridized carbons (Fsp3) is 0.571. The molecule has 0 fully saturated rings. The topological polar surface area (TPSA) is 38.0 Å². The normalized spacial score (nSPS) is 12.2. The van der Waals surface area contributed by atoms with Crippen LogP contribution in [0.15, 0.2) is 0 Å². The molecule has 1 rings (SSSR count). The van der Waals surface area contributed by atoms with E-state index in [2.05, 4.69) is 5.10 Å². The predicted molar refractivity (Wildman–Crippen MR) is 43.9 cm³/mol. The summed E-state index contributed by atoms with van der Waals surface area (Å²) in [6, 6.07) is 0. The van der Waals surface area contributed by atoms with Crippen molar-refractivity contribution in [1.29, 1.82) is 0 Å². The number of hydrogen-bond donors (Lipinski definition) is 1.